The number of aliphatic hydroxyl groups is 1. The van der Waals surface area contributed by atoms with Crippen molar-refractivity contribution in [1.82, 2.24) is 9.97 Å². The molecule has 4 aromatic rings. The zero-order chi connectivity index (χ0) is 43.4. The fraction of sp³-hybridized carbons (Fsp3) is 0.229. The quantitative estimate of drug-likeness (QED) is 0.123. The summed E-state index contributed by atoms with van der Waals surface area (Å²) in [5.74, 6) is -6.11. The lowest BCUT2D eigenvalue weighted by atomic mass is 10.1. The normalized spacial score (nSPS) is 13.4. The van der Waals surface area contributed by atoms with Crippen LogP contribution in [0, 0.1) is 0 Å². The van der Waals surface area contributed by atoms with Crippen molar-refractivity contribution in [3.8, 4) is 0 Å². The maximum atomic E-state index is 12.8. The van der Waals surface area contributed by atoms with Crippen molar-refractivity contribution in [1.29, 1.82) is 0 Å². The molecule has 13 nitrogen and oxygen atoms in total. The number of sulfone groups is 2. The Bertz CT molecular complexity index is 2550. The number of aromatic nitrogens is 2. The zero-order valence-corrected chi connectivity index (χ0v) is 34.5. The molecule has 310 valence electrons. The van der Waals surface area contributed by atoms with Crippen molar-refractivity contribution in [2.24, 2.45) is 0 Å². The highest BCUT2D eigenvalue weighted by molar-refractivity contribution is 8.00. The molecule has 1 aliphatic heterocycles. The first kappa shape index (κ1) is 46.2. The summed E-state index contributed by atoms with van der Waals surface area (Å²) < 4.78 is 107. The first-order valence-electron chi connectivity index (χ1n) is 15.9. The zero-order valence-electron chi connectivity index (χ0n) is 29.9. The second-order valence-electron chi connectivity index (χ2n) is 12.0. The van der Waals surface area contributed by atoms with Crippen molar-refractivity contribution in [3.63, 3.8) is 0 Å². The maximum Gasteiger partial charge on any atom is 0.356 e. The van der Waals surface area contributed by atoms with Crippen LogP contribution >= 0.6 is 46.4 Å². The average molecular weight is 931 g/mol. The molecule has 0 spiro atoms. The van der Waals surface area contributed by atoms with E-state index in [9.17, 15) is 53.9 Å². The van der Waals surface area contributed by atoms with E-state index in [0.717, 1.165) is 21.2 Å². The highest BCUT2D eigenvalue weighted by atomic mass is 35.5. The number of hydrogen-bond acceptors (Lipinski definition) is 11. The van der Waals surface area contributed by atoms with Crippen molar-refractivity contribution >= 4 is 106 Å². The molecule has 1 N–H and O–H groups in total. The summed E-state index contributed by atoms with van der Waals surface area (Å²) in [6, 6.07) is 10.9. The van der Waals surface area contributed by atoms with Crippen LogP contribution in [0.4, 0.5) is 28.9 Å². The molecule has 1 aliphatic rings. The Hall–Kier alpha value is -4.53. The van der Waals surface area contributed by atoms with Crippen LogP contribution in [0.1, 0.15) is 38.4 Å². The summed E-state index contributed by atoms with van der Waals surface area (Å²) in [7, 11) is -4.71. The summed E-state index contributed by atoms with van der Waals surface area (Å²) in [5.41, 5.74) is -0.303. The third-order valence-corrected chi connectivity index (χ3v) is 12.8. The molecule has 0 saturated heterocycles. The van der Waals surface area contributed by atoms with Crippen molar-refractivity contribution < 1.29 is 58.6 Å². The molecule has 5 rings (SSSR count). The number of carbonyl (C=O) groups excluding carboxylic acids is 3. The SMILES string of the molecule is CN(C(=O)C(F)F)c1c(Cl)ccc(C2=C(O)c3ncccc3CS2(=O)=O)c1Cl.COC(=O)c1ncccc1CS(=O)(=O)Cc1ccc(Cl)c(N(C)C(=O)C(F)F)c1Cl. The largest absolute Gasteiger partial charge is 0.504 e. The van der Waals surface area contributed by atoms with Crippen molar-refractivity contribution in [3.05, 3.63) is 115 Å². The standard InChI is InChI=1S/C18H16Cl2F2N2O5S.C17H12Cl2F2N2O4S/c1-24(17(25)16(21)22)15-12(19)6-5-10(13(15)20)8-30(27,28)9-11-4-3-7-23-14(11)18(26)29-2;1-23(17(25)16(20)21)13-10(18)5-4-9(11(13)19)15-14(24)12-8(3-2-6-22-12)7-28(15,26)27/h3-7,16H,8-9H2,1-2H3;2-6,16,24H,7H2,1H3. The van der Waals surface area contributed by atoms with E-state index in [1.165, 1.54) is 60.9 Å². The van der Waals surface area contributed by atoms with Gasteiger partial charge >= 0.3 is 18.8 Å². The number of hydrogen-bond donors (Lipinski definition) is 1. The van der Waals surface area contributed by atoms with E-state index in [1.807, 2.05) is 0 Å². The average Bonchev–Trinajstić information content (AvgIpc) is 3.15. The molecule has 0 bridgehead atoms. The van der Waals surface area contributed by atoms with Gasteiger partial charge in [0, 0.05) is 37.6 Å². The number of ether oxygens (including phenoxy) is 1. The van der Waals surface area contributed by atoms with Crippen molar-refractivity contribution in [2.75, 3.05) is 31.0 Å². The Morgan fingerprint density at radius 3 is 1.90 bits per heavy atom. The maximum absolute atomic E-state index is 12.8. The number of rotatable bonds is 10. The summed E-state index contributed by atoms with van der Waals surface area (Å²) >= 11 is 24.4. The number of esters is 1. The van der Waals surface area contributed by atoms with Crippen LogP contribution in [0.15, 0.2) is 60.9 Å². The van der Waals surface area contributed by atoms with Gasteiger partial charge in [-0.15, -0.1) is 0 Å². The molecule has 0 fully saturated rings. The monoisotopic (exact) mass is 928 g/mol. The number of anilines is 2. The first-order chi connectivity index (χ1) is 27.0. The second kappa shape index (κ2) is 18.6. The molecular weight excluding hydrogens is 902 g/mol. The fourth-order valence-corrected chi connectivity index (χ4v) is 10.2. The molecule has 0 aliphatic carbocycles. The number of amides is 2. The Labute approximate surface area is 348 Å². The van der Waals surface area contributed by atoms with E-state index in [-0.39, 0.29) is 59.5 Å². The minimum absolute atomic E-state index is 0.0495. The molecule has 0 saturated carbocycles. The number of carbonyl (C=O) groups is 3. The topological polar surface area (TPSA) is 181 Å². The predicted molar refractivity (Wildman–Crippen MR) is 210 cm³/mol. The van der Waals surface area contributed by atoms with Gasteiger partial charge in [0.05, 0.1) is 55.8 Å². The number of benzene rings is 2. The minimum atomic E-state index is -4.04. The summed E-state index contributed by atoms with van der Waals surface area (Å²) in [6.07, 6.45) is -3.91. The van der Waals surface area contributed by atoms with Gasteiger partial charge in [-0.05, 0) is 35.4 Å². The lowest BCUT2D eigenvalue weighted by Gasteiger charge is -2.24. The van der Waals surface area contributed by atoms with Crippen LogP contribution in [-0.2, 0) is 51.3 Å². The van der Waals surface area contributed by atoms with Gasteiger partial charge < -0.3 is 19.6 Å². The summed E-state index contributed by atoms with van der Waals surface area (Å²) in [5, 5.41) is 9.72. The lowest BCUT2D eigenvalue weighted by molar-refractivity contribution is -0.129. The van der Waals surface area contributed by atoms with E-state index in [4.69, 9.17) is 46.4 Å². The molecule has 0 atom stereocenters. The number of methoxy groups -OCH3 is 1. The molecule has 23 heteroatoms. The Morgan fingerprint density at radius 1 is 0.810 bits per heavy atom. The molecule has 3 heterocycles. The first-order valence-corrected chi connectivity index (χ1v) is 20.9. The minimum Gasteiger partial charge on any atom is -0.504 e. The highest BCUT2D eigenvalue weighted by Gasteiger charge is 2.36. The fourth-order valence-electron chi connectivity index (χ4n) is 5.49. The third-order valence-electron chi connectivity index (χ3n) is 8.17. The van der Waals surface area contributed by atoms with Crippen LogP contribution in [0.2, 0.25) is 20.1 Å². The number of fused-ring (bicyclic) bond motifs is 1. The number of aliphatic hydroxyl groups excluding tert-OH is 1. The second-order valence-corrected chi connectivity index (χ2v) is 17.6. The van der Waals surface area contributed by atoms with Crippen LogP contribution in [0.25, 0.3) is 10.7 Å². The van der Waals surface area contributed by atoms with E-state index < -0.39 is 78.2 Å². The Morgan fingerprint density at radius 2 is 1.33 bits per heavy atom. The number of nitrogens with zero attached hydrogens (tertiary/aromatic N) is 4. The summed E-state index contributed by atoms with van der Waals surface area (Å²) in [6.45, 7) is 0. The van der Waals surface area contributed by atoms with Gasteiger partial charge in [-0.25, -0.2) is 26.6 Å². The van der Waals surface area contributed by atoms with E-state index in [0.29, 0.717) is 15.4 Å². The smallest absolute Gasteiger partial charge is 0.356 e. The molecule has 0 unspecified atom stereocenters. The van der Waals surface area contributed by atoms with Gasteiger partial charge in [0.2, 0.25) is 0 Å². The Kier molecular flexibility index (Phi) is 14.8. The lowest BCUT2D eigenvalue weighted by Crippen LogP contribution is -2.32. The van der Waals surface area contributed by atoms with Gasteiger partial charge in [-0.2, -0.15) is 17.6 Å². The molecular formula is C35H28Cl4F4N4O9S2. The van der Waals surface area contributed by atoms with E-state index >= 15 is 0 Å². The Balaban J connectivity index is 0.000000257. The molecule has 2 amide bonds. The van der Waals surface area contributed by atoms with E-state index in [2.05, 4.69) is 14.7 Å². The number of alkyl halides is 4. The highest BCUT2D eigenvalue weighted by Crippen LogP contribution is 2.45. The van der Waals surface area contributed by atoms with Crippen LogP contribution in [-0.4, -0.2) is 83.7 Å². The van der Waals surface area contributed by atoms with Crippen LogP contribution in [0.5, 0.6) is 0 Å². The van der Waals surface area contributed by atoms with Gasteiger partial charge in [0.25, 0.3) is 11.8 Å². The van der Waals surface area contributed by atoms with Gasteiger partial charge in [-0.3, -0.25) is 14.6 Å². The molecule has 58 heavy (non-hydrogen) atoms. The molecule has 2 aromatic carbocycles. The summed E-state index contributed by atoms with van der Waals surface area (Å²) in [4.78, 5) is 43.5. The third kappa shape index (κ3) is 10.0. The number of halogens is 8. The number of pyridine rings is 2. The molecule has 2 aromatic heterocycles. The van der Waals surface area contributed by atoms with Crippen LogP contribution in [0.3, 0.4) is 0 Å². The molecule has 0 radical (unpaired) electrons. The van der Waals surface area contributed by atoms with Gasteiger partial charge in [0.1, 0.15) is 10.6 Å². The predicted octanol–water partition coefficient (Wildman–Crippen LogP) is 7.45. The van der Waals surface area contributed by atoms with Crippen molar-refractivity contribution in [2.45, 2.75) is 30.1 Å². The van der Waals surface area contributed by atoms with Gasteiger partial charge in [0.15, 0.2) is 31.1 Å². The van der Waals surface area contributed by atoms with Crippen LogP contribution < -0.4 is 9.80 Å². The van der Waals surface area contributed by atoms with E-state index in [1.54, 1.807) is 0 Å². The van der Waals surface area contributed by atoms with Gasteiger partial charge in [-0.1, -0.05) is 70.7 Å².